The van der Waals surface area contributed by atoms with Crippen LogP contribution >= 0.6 is 23.4 Å². The van der Waals surface area contributed by atoms with Crippen LogP contribution < -0.4 is 0 Å². The van der Waals surface area contributed by atoms with E-state index < -0.39 is 12.0 Å². The highest BCUT2D eigenvalue weighted by atomic mass is 35.5. The average Bonchev–Trinajstić information content (AvgIpc) is 2.98. The molecule has 3 rings (SSSR count). The SMILES string of the molecule is Cn1c(SCc2cn3cc(Cl)ccc3n2)nnc1C(F)(F)F. The van der Waals surface area contributed by atoms with E-state index >= 15 is 0 Å². The minimum atomic E-state index is -4.51. The molecule has 3 aromatic heterocycles. The number of hydrogen-bond donors (Lipinski definition) is 0. The summed E-state index contributed by atoms with van der Waals surface area (Å²) in [6, 6.07) is 3.49. The Kier molecular flexibility index (Phi) is 3.77. The highest BCUT2D eigenvalue weighted by molar-refractivity contribution is 7.98. The van der Waals surface area contributed by atoms with E-state index in [1.165, 1.54) is 7.05 Å². The van der Waals surface area contributed by atoms with Crippen LogP contribution in [0.5, 0.6) is 0 Å². The summed E-state index contributed by atoms with van der Waals surface area (Å²) < 4.78 is 40.6. The zero-order chi connectivity index (χ0) is 15.9. The zero-order valence-corrected chi connectivity index (χ0v) is 12.7. The summed E-state index contributed by atoms with van der Waals surface area (Å²) in [7, 11) is 1.29. The summed E-state index contributed by atoms with van der Waals surface area (Å²) in [5.74, 6) is -0.639. The van der Waals surface area contributed by atoms with Gasteiger partial charge in [-0.05, 0) is 12.1 Å². The maximum atomic E-state index is 12.6. The molecule has 0 N–H and O–H groups in total. The highest BCUT2D eigenvalue weighted by Crippen LogP contribution is 2.30. The van der Waals surface area contributed by atoms with Crippen LogP contribution in [0.25, 0.3) is 5.65 Å². The summed E-state index contributed by atoms with van der Waals surface area (Å²) >= 11 is 7.02. The van der Waals surface area contributed by atoms with Gasteiger partial charge in [0.1, 0.15) is 5.65 Å². The van der Waals surface area contributed by atoms with Crippen LogP contribution in [-0.4, -0.2) is 24.1 Å². The lowest BCUT2D eigenvalue weighted by Gasteiger charge is -2.05. The first-order chi connectivity index (χ1) is 10.3. The molecule has 0 aliphatic carbocycles. The monoisotopic (exact) mass is 347 g/mol. The average molecular weight is 348 g/mol. The molecule has 0 bridgehead atoms. The lowest BCUT2D eigenvalue weighted by Crippen LogP contribution is -2.12. The summed E-state index contributed by atoms with van der Waals surface area (Å²) in [5, 5.41) is 7.50. The van der Waals surface area contributed by atoms with E-state index in [2.05, 4.69) is 15.2 Å². The third kappa shape index (κ3) is 2.91. The highest BCUT2D eigenvalue weighted by Gasteiger charge is 2.37. The Balaban J connectivity index is 1.78. The maximum absolute atomic E-state index is 12.6. The van der Waals surface area contributed by atoms with Crippen molar-refractivity contribution in [3.8, 4) is 0 Å². The Morgan fingerprint density at radius 2 is 2.00 bits per heavy atom. The molecule has 0 unspecified atom stereocenters. The van der Waals surface area contributed by atoms with Gasteiger partial charge in [-0.15, -0.1) is 10.2 Å². The lowest BCUT2D eigenvalue weighted by atomic mass is 10.5. The van der Waals surface area contributed by atoms with Crippen LogP contribution in [0.1, 0.15) is 11.5 Å². The summed E-state index contributed by atoms with van der Waals surface area (Å²) in [5.41, 5.74) is 1.43. The predicted molar refractivity (Wildman–Crippen MR) is 75.8 cm³/mol. The van der Waals surface area contributed by atoms with Crippen molar-refractivity contribution in [3.05, 3.63) is 41.1 Å². The molecule has 22 heavy (non-hydrogen) atoms. The zero-order valence-electron chi connectivity index (χ0n) is 11.2. The van der Waals surface area contributed by atoms with Crippen molar-refractivity contribution < 1.29 is 13.2 Å². The van der Waals surface area contributed by atoms with E-state index in [0.717, 1.165) is 16.3 Å². The van der Waals surface area contributed by atoms with E-state index in [0.29, 0.717) is 22.1 Å². The fourth-order valence-electron chi connectivity index (χ4n) is 1.91. The fraction of sp³-hybridized carbons (Fsp3) is 0.250. The number of nitrogens with zero attached hydrogens (tertiary/aromatic N) is 5. The van der Waals surface area contributed by atoms with Crippen LogP contribution in [0.2, 0.25) is 5.02 Å². The van der Waals surface area contributed by atoms with E-state index in [-0.39, 0.29) is 5.16 Å². The van der Waals surface area contributed by atoms with E-state index in [1.54, 1.807) is 28.9 Å². The quantitative estimate of drug-likeness (QED) is 0.681. The first-order valence-corrected chi connectivity index (χ1v) is 7.43. The number of hydrogen-bond acceptors (Lipinski definition) is 4. The summed E-state index contributed by atoms with van der Waals surface area (Å²) in [6.45, 7) is 0. The molecular formula is C12H9ClF3N5S. The molecular weight excluding hydrogens is 339 g/mol. The second-order valence-corrected chi connectivity index (χ2v) is 5.88. The number of pyridine rings is 1. The topological polar surface area (TPSA) is 48.0 Å². The smallest absolute Gasteiger partial charge is 0.305 e. The van der Waals surface area contributed by atoms with Gasteiger partial charge in [-0.1, -0.05) is 23.4 Å². The number of halogens is 4. The maximum Gasteiger partial charge on any atom is 0.451 e. The van der Waals surface area contributed by atoms with E-state index in [9.17, 15) is 13.2 Å². The molecule has 0 aromatic carbocycles. The van der Waals surface area contributed by atoms with E-state index in [1.807, 2.05) is 0 Å². The Hall–Kier alpha value is -1.74. The van der Waals surface area contributed by atoms with Gasteiger partial charge in [0, 0.05) is 25.2 Å². The number of alkyl halides is 3. The molecule has 0 amide bonds. The van der Waals surface area contributed by atoms with Gasteiger partial charge in [0.25, 0.3) is 0 Å². The number of rotatable bonds is 3. The Bertz CT molecular complexity index is 826. The Morgan fingerprint density at radius 3 is 2.68 bits per heavy atom. The Labute approximate surface area is 132 Å². The van der Waals surface area contributed by atoms with Crippen LogP contribution in [0.3, 0.4) is 0 Å². The molecule has 0 saturated carbocycles. The summed E-state index contributed by atoms with van der Waals surface area (Å²) in [4.78, 5) is 4.36. The van der Waals surface area contributed by atoms with Gasteiger partial charge < -0.3 is 8.97 Å². The van der Waals surface area contributed by atoms with Crippen molar-refractivity contribution in [3.63, 3.8) is 0 Å². The second-order valence-electron chi connectivity index (χ2n) is 4.50. The number of imidazole rings is 1. The predicted octanol–water partition coefficient (Wildman–Crippen LogP) is 3.43. The van der Waals surface area contributed by atoms with Gasteiger partial charge in [0.05, 0.1) is 10.7 Å². The van der Waals surface area contributed by atoms with Gasteiger partial charge in [0.2, 0.25) is 5.82 Å². The first kappa shape index (κ1) is 15.2. The lowest BCUT2D eigenvalue weighted by molar-refractivity contribution is -0.147. The van der Waals surface area contributed by atoms with Crippen molar-refractivity contribution in [1.82, 2.24) is 24.1 Å². The van der Waals surface area contributed by atoms with Crippen molar-refractivity contribution in [2.24, 2.45) is 7.05 Å². The fourth-order valence-corrected chi connectivity index (χ4v) is 2.88. The number of aromatic nitrogens is 5. The normalized spacial score (nSPS) is 12.2. The van der Waals surface area contributed by atoms with Crippen LogP contribution in [0.4, 0.5) is 13.2 Å². The van der Waals surface area contributed by atoms with Crippen molar-refractivity contribution in [1.29, 1.82) is 0 Å². The number of fused-ring (bicyclic) bond motifs is 1. The van der Waals surface area contributed by atoms with Gasteiger partial charge in [0.15, 0.2) is 5.16 Å². The van der Waals surface area contributed by atoms with Crippen molar-refractivity contribution >= 4 is 29.0 Å². The first-order valence-electron chi connectivity index (χ1n) is 6.07. The molecule has 0 fully saturated rings. The molecule has 0 aliphatic rings. The van der Waals surface area contributed by atoms with Gasteiger partial charge in [-0.25, -0.2) is 4.98 Å². The van der Waals surface area contributed by atoms with Gasteiger partial charge in [-0.3, -0.25) is 0 Å². The van der Waals surface area contributed by atoms with Crippen LogP contribution in [0.15, 0.2) is 29.7 Å². The molecule has 0 spiro atoms. The minimum absolute atomic E-state index is 0.183. The summed E-state index contributed by atoms with van der Waals surface area (Å²) in [6.07, 6.45) is -1.03. The Morgan fingerprint density at radius 1 is 1.23 bits per heavy atom. The largest absolute Gasteiger partial charge is 0.451 e. The van der Waals surface area contributed by atoms with Crippen molar-refractivity contribution in [2.45, 2.75) is 17.1 Å². The molecule has 0 aliphatic heterocycles. The molecule has 3 aromatic rings. The second kappa shape index (κ2) is 5.47. The van der Waals surface area contributed by atoms with Crippen LogP contribution in [0, 0.1) is 0 Å². The van der Waals surface area contributed by atoms with E-state index in [4.69, 9.17) is 11.6 Å². The molecule has 116 valence electrons. The molecule has 5 nitrogen and oxygen atoms in total. The third-order valence-corrected chi connectivity index (χ3v) is 4.18. The molecule has 0 atom stereocenters. The standard InChI is InChI=1S/C12H9ClF3N5S/c1-20-10(12(14,15)16)18-19-11(20)22-6-8-5-21-4-7(13)2-3-9(21)17-8/h2-5H,6H2,1H3. The van der Waals surface area contributed by atoms with Crippen LogP contribution in [-0.2, 0) is 19.0 Å². The third-order valence-electron chi connectivity index (χ3n) is 2.90. The molecule has 3 heterocycles. The van der Waals surface area contributed by atoms with Gasteiger partial charge in [-0.2, -0.15) is 13.2 Å². The molecule has 0 radical (unpaired) electrons. The number of thioether (sulfide) groups is 1. The minimum Gasteiger partial charge on any atom is -0.305 e. The van der Waals surface area contributed by atoms with Crippen molar-refractivity contribution in [2.75, 3.05) is 0 Å². The van der Waals surface area contributed by atoms with Gasteiger partial charge >= 0.3 is 6.18 Å². The molecule has 10 heteroatoms. The molecule has 0 saturated heterocycles.